The SMILES string of the molecule is Nc1ccc2oc(N3CCCC4C(=O)NCC43)nc2c1. The minimum absolute atomic E-state index is 0.0591. The Hall–Kier alpha value is -2.24. The van der Waals surface area contributed by atoms with Crippen molar-refractivity contribution in [2.45, 2.75) is 18.9 Å². The number of fused-ring (bicyclic) bond motifs is 2. The molecular weight excluding hydrogens is 256 g/mol. The van der Waals surface area contributed by atoms with Crippen molar-refractivity contribution >= 4 is 28.7 Å². The largest absolute Gasteiger partial charge is 0.423 e. The van der Waals surface area contributed by atoms with Crippen LogP contribution in [-0.4, -0.2) is 30.0 Å². The van der Waals surface area contributed by atoms with Crippen molar-refractivity contribution in [1.29, 1.82) is 0 Å². The summed E-state index contributed by atoms with van der Waals surface area (Å²) in [5.41, 5.74) is 7.93. The molecule has 3 heterocycles. The number of benzene rings is 1. The molecule has 1 aromatic heterocycles. The molecule has 2 aromatic rings. The Morgan fingerprint density at radius 1 is 1.45 bits per heavy atom. The fourth-order valence-corrected chi connectivity index (χ4v) is 3.24. The number of amides is 1. The van der Waals surface area contributed by atoms with E-state index >= 15 is 0 Å². The first kappa shape index (κ1) is 11.6. The molecule has 0 saturated carbocycles. The molecule has 4 rings (SSSR count). The van der Waals surface area contributed by atoms with Gasteiger partial charge in [0.05, 0.1) is 12.0 Å². The van der Waals surface area contributed by atoms with Crippen molar-refractivity contribution in [2.24, 2.45) is 5.92 Å². The highest BCUT2D eigenvalue weighted by atomic mass is 16.4. The molecule has 2 fully saturated rings. The molecule has 3 N–H and O–H groups in total. The Kier molecular flexibility index (Phi) is 2.39. The number of nitrogen functional groups attached to an aromatic ring is 1. The number of hydrogen-bond acceptors (Lipinski definition) is 5. The lowest BCUT2D eigenvalue weighted by molar-refractivity contribution is -0.123. The maximum absolute atomic E-state index is 11.8. The minimum atomic E-state index is 0.0591. The third kappa shape index (κ3) is 1.64. The van der Waals surface area contributed by atoms with Crippen molar-refractivity contribution < 1.29 is 9.21 Å². The zero-order valence-electron chi connectivity index (χ0n) is 11.0. The molecule has 2 atom stereocenters. The summed E-state index contributed by atoms with van der Waals surface area (Å²) in [5, 5.41) is 2.93. The summed E-state index contributed by atoms with van der Waals surface area (Å²) in [6.07, 6.45) is 1.93. The molecule has 6 heteroatoms. The fourth-order valence-electron chi connectivity index (χ4n) is 3.24. The standard InChI is InChI=1S/C14H16N4O2/c15-8-3-4-12-10(6-8)17-14(20-12)18-5-1-2-9-11(18)7-16-13(9)19/h3-4,6,9,11H,1-2,5,7,15H2,(H,16,19). The molecule has 0 radical (unpaired) electrons. The molecule has 0 spiro atoms. The van der Waals surface area contributed by atoms with E-state index in [9.17, 15) is 4.79 Å². The highest BCUT2D eigenvalue weighted by molar-refractivity contribution is 5.83. The summed E-state index contributed by atoms with van der Waals surface area (Å²) in [6.45, 7) is 1.54. The van der Waals surface area contributed by atoms with E-state index in [1.807, 2.05) is 12.1 Å². The molecule has 20 heavy (non-hydrogen) atoms. The first-order valence-electron chi connectivity index (χ1n) is 6.93. The van der Waals surface area contributed by atoms with E-state index in [0.29, 0.717) is 18.2 Å². The van der Waals surface area contributed by atoms with Crippen LogP contribution in [0.5, 0.6) is 0 Å². The molecule has 1 amide bonds. The summed E-state index contributed by atoms with van der Waals surface area (Å²) in [6, 6.07) is 6.19. The smallest absolute Gasteiger partial charge is 0.298 e. The third-order valence-electron chi connectivity index (χ3n) is 4.25. The summed E-state index contributed by atoms with van der Waals surface area (Å²) >= 11 is 0. The van der Waals surface area contributed by atoms with Crippen LogP contribution in [0.15, 0.2) is 22.6 Å². The van der Waals surface area contributed by atoms with E-state index in [0.717, 1.165) is 30.5 Å². The number of nitrogens with two attached hydrogens (primary N) is 1. The zero-order valence-corrected chi connectivity index (χ0v) is 11.0. The van der Waals surface area contributed by atoms with Crippen LogP contribution in [0.2, 0.25) is 0 Å². The Morgan fingerprint density at radius 3 is 3.25 bits per heavy atom. The lowest BCUT2D eigenvalue weighted by atomic mass is 9.92. The fraction of sp³-hybridized carbons (Fsp3) is 0.429. The number of nitrogens with zero attached hydrogens (tertiary/aromatic N) is 2. The quantitative estimate of drug-likeness (QED) is 0.760. The maximum atomic E-state index is 11.8. The number of carbonyl (C=O) groups is 1. The summed E-state index contributed by atoms with van der Waals surface area (Å²) in [5.74, 6) is 0.212. The molecular formula is C14H16N4O2. The highest BCUT2D eigenvalue weighted by Crippen LogP contribution is 2.33. The van der Waals surface area contributed by atoms with Gasteiger partial charge in [0, 0.05) is 18.8 Å². The van der Waals surface area contributed by atoms with Crippen LogP contribution in [0, 0.1) is 5.92 Å². The van der Waals surface area contributed by atoms with Gasteiger partial charge < -0.3 is 20.4 Å². The Labute approximate surface area is 115 Å². The first-order chi connectivity index (χ1) is 9.72. The average Bonchev–Trinajstić information content (AvgIpc) is 3.02. The number of hydrogen-bond donors (Lipinski definition) is 2. The lowest BCUT2D eigenvalue weighted by Crippen LogP contribution is -2.45. The molecule has 1 aromatic carbocycles. The molecule has 2 aliphatic heterocycles. The topological polar surface area (TPSA) is 84.4 Å². The van der Waals surface area contributed by atoms with Crippen molar-refractivity contribution in [3.63, 3.8) is 0 Å². The van der Waals surface area contributed by atoms with E-state index in [-0.39, 0.29) is 17.9 Å². The zero-order chi connectivity index (χ0) is 13.7. The normalized spacial score (nSPS) is 25.8. The van der Waals surface area contributed by atoms with Gasteiger partial charge in [0.15, 0.2) is 5.58 Å². The van der Waals surface area contributed by atoms with E-state index in [1.54, 1.807) is 6.07 Å². The third-order valence-corrected chi connectivity index (χ3v) is 4.25. The Morgan fingerprint density at radius 2 is 2.35 bits per heavy atom. The van der Waals surface area contributed by atoms with Crippen LogP contribution in [0.3, 0.4) is 0 Å². The van der Waals surface area contributed by atoms with Crippen molar-refractivity contribution in [3.8, 4) is 0 Å². The van der Waals surface area contributed by atoms with Gasteiger partial charge in [0.25, 0.3) is 6.01 Å². The van der Waals surface area contributed by atoms with Crippen molar-refractivity contribution in [1.82, 2.24) is 10.3 Å². The van der Waals surface area contributed by atoms with Crippen molar-refractivity contribution in [3.05, 3.63) is 18.2 Å². The van der Waals surface area contributed by atoms with Crippen LogP contribution in [0.25, 0.3) is 11.1 Å². The first-order valence-corrected chi connectivity index (χ1v) is 6.93. The number of carbonyl (C=O) groups excluding carboxylic acids is 1. The van der Waals surface area contributed by atoms with Gasteiger partial charge in [-0.25, -0.2) is 0 Å². The number of anilines is 2. The van der Waals surface area contributed by atoms with Crippen LogP contribution >= 0.6 is 0 Å². The maximum Gasteiger partial charge on any atom is 0.298 e. The summed E-state index contributed by atoms with van der Waals surface area (Å²) in [4.78, 5) is 18.4. The second-order valence-electron chi connectivity index (χ2n) is 5.48. The van der Waals surface area contributed by atoms with Gasteiger partial charge in [0.2, 0.25) is 5.91 Å². The lowest BCUT2D eigenvalue weighted by Gasteiger charge is -2.34. The van der Waals surface area contributed by atoms with E-state index < -0.39 is 0 Å². The van der Waals surface area contributed by atoms with E-state index in [4.69, 9.17) is 10.2 Å². The van der Waals surface area contributed by atoms with Gasteiger partial charge in [-0.1, -0.05) is 0 Å². The average molecular weight is 272 g/mol. The van der Waals surface area contributed by atoms with Gasteiger partial charge in [0.1, 0.15) is 5.52 Å². The van der Waals surface area contributed by atoms with Gasteiger partial charge in [-0.2, -0.15) is 4.98 Å². The highest BCUT2D eigenvalue weighted by Gasteiger charge is 2.42. The number of oxazole rings is 1. The minimum Gasteiger partial charge on any atom is -0.423 e. The van der Waals surface area contributed by atoms with Gasteiger partial charge in [-0.05, 0) is 31.0 Å². The van der Waals surface area contributed by atoms with Crippen LogP contribution in [-0.2, 0) is 4.79 Å². The predicted molar refractivity (Wildman–Crippen MR) is 75.3 cm³/mol. The predicted octanol–water partition coefficient (Wildman–Crippen LogP) is 1.12. The number of nitrogens with one attached hydrogen (secondary N) is 1. The van der Waals surface area contributed by atoms with Gasteiger partial charge >= 0.3 is 0 Å². The Balaban J connectivity index is 1.72. The van der Waals surface area contributed by atoms with Gasteiger partial charge in [-0.15, -0.1) is 0 Å². The summed E-state index contributed by atoms with van der Waals surface area (Å²) < 4.78 is 5.83. The van der Waals surface area contributed by atoms with Crippen LogP contribution in [0.4, 0.5) is 11.7 Å². The second-order valence-corrected chi connectivity index (χ2v) is 5.48. The second kappa shape index (κ2) is 4.13. The number of aromatic nitrogens is 1. The Bertz CT molecular complexity index is 681. The monoisotopic (exact) mass is 272 g/mol. The van der Waals surface area contributed by atoms with E-state index in [1.165, 1.54) is 0 Å². The molecule has 6 nitrogen and oxygen atoms in total. The van der Waals surface area contributed by atoms with E-state index in [2.05, 4.69) is 15.2 Å². The number of piperidine rings is 1. The van der Waals surface area contributed by atoms with Crippen LogP contribution < -0.4 is 16.0 Å². The van der Waals surface area contributed by atoms with Crippen molar-refractivity contribution in [2.75, 3.05) is 23.7 Å². The molecule has 2 unspecified atom stereocenters. The molecule has 2 saturated heterocycles. The molecule has 0 aliphatic carbocycles. The molecule has 2 aliphatic rings. The number of rotatable bonds is 1. The molecule has 0 bridgehead atoms. The van der Waals surface area contributed by atoms with Crippen LogP contribution in [0.1, 0.15) is 12.8 Å². The van der Waals surface area contributed by atoms with Gasteiger partial charge in [-0.3, -0.25) is 4.79 Å². The molecule has 104 valence electrons. The summed E-state index contributed by atoms with van der Waals surface area (Å²) in [7, 11) is 0.